The lowest BCUT2D eigenvalue weighted by atomic mass is 9.91. The van der Waals surface area contributed by atoms with Crippen LogP contribution in [0.25, 0.3) is 5.65 Å². The summed E-state index contributed by atoms with van der Waals surface area (Å²) in [5, 5.41) is 8.07. The van der Waals surface area contributed by atoms with Crippen molar-refractivity contribution in [3.05, 3.63) is 24.0 Å². The fourth-order valence-electron chi connectivity index (χ4n) is 3.30. The van der Waals surface area contributed by atoms with E-state index in [-0.39, 0.29) is 0 Å². The Morgan fingerprint density at radius 2 is 2.21 bits per heavy atom. The second kappa shape index (κ2) is 4.83. The van der Waals surface area contributed by atoms with Crippen LogP contribution in [-0.4, -0.2) is 20.6 Å². The van der Waals surface area contributed by atoms with Crippen LogP contribution in [-0.2, 0) is 0 Å². The van der Waals surface area contributed by atoms with Crippen LogP contribution in [0.1, 0.15) is 38.8 Å². The lowest BCUT2D eigenvalue weighted by Crippen LogP contribution is -2.28. The summed E-state index contributed by atoms with van der Waals surface area (Å²) in [6.07, 6.45) is 5.73. The third-order valence-electron chi connectivity index (χ3n) is 4.25. The number of rotatable bonds is 3. The van der Waals surface area contributed by atoms with Crippen molar-refractivity contribution in [1.29, 1.82) is 0 Å². The van der Waals surface area contributed by atoms with E-state index < -0.39 is 0 Å². The monoisotopic (exact) mass is 258 g/mol. The van der Waals surface area contributed by atoms with E-state index in [1.807, 2.05) is 23.7 Å². The molecule has 0 bridgehead atoms. The van der Waals surface area contributed by atoms with Gasteiger partial charge in [-0.2, -0.15) is 9.61 Å². The van der Waals surface area contributed by atoms with Crippen molar-refractivity contribution in [3.63, 3.8) is 0 Å². The summed E-state index contributed by atoms with van der Waals surface area (Å²) in [4.78, 5) is 4.49. The highest BCUT2D eigenvalue weighted by molar-refractivity contribution is 5.49. The topological polar surface area (TPSA) is 42.2 Å². The Kier molecular flexibility index (Phi) is 3.17. The molecule has 1 N–H and O–H groups in total. The first-order valence-corrected chi connectivity index (χ1v) is 7.23. The molecule has 102 valence electrons. The molecule has 0 aliphatic heterocycles. The average Bonchev–Trinajstić information content (AvgIpc) is 2.96. The molecule has 0 saturated heterocycles. The van der Waals surface area contributed by atoms with Gasteiger partial charge in [-0.1, -0.05) is 20.3 Å². The Hall–Kier alpha value is -1.58. The lowest BCUT2D eigenvalue weighted by molar-refractivity contribution is 0.370. The fraction of sp³-hybridized carbons (Fsp3) is 0.600. The molecule has 4 nitrogen and oxygen atoms in total. The molecule has 0 aromatic carbocycles. The number of nitrogens with one attached hydrogen (secondary N) is 1. The van der Waals surface area contributed by atoms with Gasteiger partial charge in [0.05, 0.1) is 6.20 Å². The van der Waals surface area contributed by atoms with Crippen LogP contribution < -0.4 is 5.32 Å². The minimum Gasteiger partial charge on any atom is -0.367 e. The molecule has 2 aromatic rings. The zero-order chi connectivity index (χ0) is 13.4. The molecule has 0 spiro atoms. The van der Waals surface area contributed by atoms with Gasteiger partial charge >= 0.3 is 0 Å². The van der Waals surface area contributed by atoms with Crippen molar-refractivity contribution >= 4 is 11.5 Å². The molecule has 19 heavy (non-hydrogen) atoms. The second-order valence-corrected chi connectivity index (χ2v) is 5.97. The fourth-order valence-corrected chi connectivity index (χ4v) is 3.30. The standard InChI is InChI=1S/C15H22N4/c1-10(2)12-5-4-6-13(12)18-15-9-11(3)17-14-7-8-16-19(14)15/h7-10,12-13,18H,4-6H2,1-3H3. The summed E-state index contributed by atoms with van der Waals surface area (Å²) in [5.41, 5.74) is 1.95. The van der Waals surface area contributed by atoms with Crippen molar-refractivity contribution in [2.24, 2.45) is 11.8 Å². The van der Waals surface area contributed by atoms with E-state index in [0.29, 0.717) is 6.04 Å². The molecule has 2 atom stereocenters. The first-order valence-electron chi connectivity index (χ1n) is 7.23. The molecule has 1 aliphatic rings. The van der Waals surface area contributed by atoms with Gasteiger partial charge in [0.2, 0.25) is 0 Å². The van der Waals surface area contributed by atoms with Crippen LogP contribution in [0.15, 0.2) is 18.3 Å². The molecule has 1 fully saturated rings. The Bertz CT molecular complexity index is 573. The Morgan fingerprint density at radius 3 is 3.00 bits per heavy atom. The summed E-state index contributed by atoms with van der Waals surface area (Å²) in [6, 6.07) is 4.61. The van der Waals surface area contributed by atoms with Crippen molar-refractivity contribution in [1.82, 2.24) is 14.6 Å². The van der Waals surface area contributed by atoms with Gasteiger partial charge in [-0.15, -0.1) is 0 Å². The number of fused-ring (bicyclic) bond motifs is 1. The average molecular weight is 258 g/mol. The molecule has 4 heteroatoms. The van der Waals surface area contributed by atoms with E-state index in [9.17, 15) is 0 Å². The van der Waals surface area contributed by atoms with E-state index >= 15 is 0 Å². The molecule has 2 heterocycles. The number of hydrogen-bond acceptors (Lipinski definition) is 3. The summed E-state index contributed by atoms with van der Waals surface area (Å²) in [5.74, 6) is 2.57. The molecular formula is C15H22N4. The Balaban J connectivity index is 1.90. The third kappa shape index (κ3) is 2.31. The number of hydrogen-bond donors (Lipinski definition) is 1. The van der Waals surface area contributed by atoms with E-state index in [1.165, 1.54) is 19.3 Å². The van der Waals surface area contributed by atoms with Crippen LogP contribution >= 0.6 is 0 Å². The minimum absolute atomic E-state index is 0.564. The van der Waals surface area contributed by atoms with Gasteiger partial charge in [0.1, 0.15) is 5.82 Å². The highest BCUT2D eigenvalue weighted by atomic mass is 15.3. The van der Waals surface area contributed by atoms with Crippen LogP contribution in [0, 0.1) is 18.8 Å². The van der Waals surface area contributed by atoms with E-state index in [0.717, 1.165) is 29.0 Å². The van der Waals surface area contributed by atoms with Gasteiger partial charge in [-0.25, -0.2) is 4.98 Å². The number of aryl methyl sites for hydroxylation is 1. The first-order chi connectivity index (χ1) is 9.15. The third-order valence-corrected chi connectivity index (χ3v) is 4.25. The van der Waals surface area contributed by atoms with Gasteiger partial charge in [0.25, 0.3) is 0 Å². The van der Waals surface area contributed by atoms with Gasteiger partial charge in [-0.05, 0) is 31.6 Å². The quantitative estimate of drug-likeness (QED) is 0.918. The molecule has 3 rings (SSSR count). The number of anilines is 1. The number of aromatic nitrogens is 3. The summed E-state index contributed by atoms with van der Waals surface area (Å²) in [6.45, 7) is 6.69. The minimum atomic E-state index is 0.564. The summed E-state index contributed by atoms with van der Waals surface area (Å²) in [7, 11) is 0. The molecular weight excluding hydrogens is 236 g/mol. The van der Waals surface area contributed by atoms with Gasteiger partial charge in [-0.3, -0.25) is 0 Å². The molecule has 2 aromatic heterocycles. The number of nitrogens with zero attached hydrogens (tertiary/aromatic N) is 3. The maximum Gasteiger partial charge on any atom is 0.157 e. The SMILES string of the molecule is Cc1cc(NC2CCCC2C(C)C)n2nccc2n1. The maximum atomic E-state index is 4.49. The van der Waals surface area contributed by atoms with E-state index in [4.69, 9.17) is 0 Å². The molecule has 2 unspecified atom stereocenters. The second-order valence-electron chi connectivity index (χ2n) is 5.97. The summed E-state index contributed by atoms with van der Waals surface area (Å²) >= 11 is 0. The van der Waals surface area contributed by atoms with E-state index in [1.54, 1.807) is 0 Å². The zero-order valence-corrected chi connectivity index (χ0v) is 11.9. The van der Waals surface area contributed by atoms with Gasteiger partial charge < -0.3 is 5.32 Å². The van der Waals surface area contributed by atoms with Gasteiger partial charge in [0.15, 0.2) is 5.65 Å². The van der Waals surface area contributed by atoms with Crippen LogP contribution in [0.3, 0.4) is 0 Å². The van der Waals surface area contributed by atoms with Crippen LogP contribution in [0.5, 0.6) is 0 Å². The smallest absolute Gasteiger partial charge is 0.157 e. The predicted molar refractivity (Wildman–Crippen MR) is 77.3 cm³/mol. The van der Waals surface area contributed by atoms with Crippen molar-refractivity contribution in [3.8, 4) is 0 Å². The first kappa shape index (κ1) is 12.5. The molecule has 0 radical (unpaired) electrons. The Morgan fingerprint density at radius 1 is 1.37 bits per heavy atom. The zero-order valence-electron chi connectivity index (χ0n) is 11.9. The van der Waals surface area contributed by atoms with Gasteiger partial charge in [0, 0.05) is 23.9 Å². The van der Waals surface area contributed by atoms with Crippen LogP contribution in [0.2, 0.25) is 0 Å². The van der Waals surface area contributed by atoms with Crippen molar-refractivity contribution in [2.45, 2.75) is 46.1 Å². The van der Waals surface area contributed by atoms with Crippen LogP contribution in [0.4, 0.5) is 5.82 Å². The van der Waals surface area contributed by atoms with E-state index in [2.05, 4.69) is 35.3 Å². The largest absolute Gasteiger partial charge is 0.367 e. The predicted octanol–water partition coefficient (Wildman–Crippen LogP) is 3.27. The highest BCUT2D eigenvalue weighted by Gasteiger charge is 2.29. The maximum absolute atomic E-state index is 4.49. The van der Waals surface area contributed by atoms with Crippen molar-refractivity contribution < 1.29 is 0 Å². The summed E-state index contributed by atoms with van der Waals surface area (Å²) < 4.78 is 1.91. The molecule has 1 saturated carbocycles. The highest BCUT2D eigenvalue weighted by Crippen LogP contribution is 2.33. The van der Waals surface area contributed by atoms with Crippen molar-refractivity contribution in [2.75, 3.05) is 5.32 Å². The molecule has 0 amide bonds. The Labute approximate surface area is 114 Å². The normalized spacial score (nSPS) is 23.4. The lowest BCUT2D eigenvalue weighted by Gasteiger charge is -2.25. The molecule has 1 aliphatic carbocycles.